The Morgan fingerprint density at radius 1 is 1.58 bits per heavy atom. The molecule has 0 saturated heterocycles. The number of unbranched alkanes of at least 4 members (excludes halogenated alkanes) is 1. The minimum Gasteiger partial charge on any atom is -0.384 e. The molecule has 4 heteroatoms. The number of anilines is 1. The second-order valence-electron chi connectivity index (χ2n) is 2.55. The minimum absolute atomic E-state index is 0.427. The lowest BCUT2D eigenvalue weighted by Crippen LogP contribution is -2.01. The highest BCUT2D eigenvalue weighted by molar-refractivity contribution is 6.29. The van der Waals surface area contributed by atoms with Crippen LogP contribution in [0.5, 0.6) is 0 Å². The summed E-state index contributed by atoms with van der Waals surface area (Å²) in [6.07, 6.45) is 4.00. The fourth-order valence-electron chi connectivity index (χ4n) is 0.847. The van der Waals surface area contributed by atoms with E-state index in [1.54, 1.807) is 12.3 Å². The van der Waals surface area contributed by atoms with Crippen molar-refractivity contribution >= 4 is 17.3 Å². The lowest BCUT2D eigenvalue weighted by molar-refractivity contribution is 0.832. The van der Waals surface area contributed by atoms with Gasteiger partial charge < -0.3 is 5.32 Å². The first-order valence-electron chi connectivity index (χ1n) is 4.05. The predicted octanol–water partition coefficient (Wildman–Crippen LogP) is 2.34. The van der Waals surface area contributed by atoms with Gasteiger partial charge in [0.25, 0.3) is 0 Å². The summed E-state index contributed by atoms with van der Waals surface area (Å²) in [5.74, 6) is 0. The quantitative estimate of drug-likeness (QED) is 0.732. The molecule has 3 nitrogen and oxygen atoms in total. The third kappa shape index (κ3) is 3.05. The number of rotatable bonds is 4. The molecule has 0 aliphatic heterocycles. The third-order valence-electron chi connectivity index (χ3n) is 1.48. The summed E-state index contributed by atoms with van der Waals surface area (Å²) in [4.78, 5) is 0. The Labute approximate surface area is 77.2 Å². The third-order valence-corrected chi connectivity index (χ3v) is 1.67. The van der Waals surface area contributed by atoms with Crippen LogP contribution in [0.15, 0.2) is 12.3 Å². The Morgan fingerprint density at radius 3 is 3.08 bits per heavy atom. The van der Waals surface area contributed by atoms with Crippen molar-refractivity contribution in [2.75, 3.05) is 11.9 Å². The van der Waals surface area contributed by atoms with Gasteiger partial charge in [0.1, 0.15) is 0 Å². The largest absolute Gasteiger partial charge is 0.384 e. The van der Waals surface area contributed by atoms with E-state index in [1.165, 1.54) is 6.42 Å². The van der Waals surface area contributed by atoms with E-state index >= 15 is 0 Å². The van der Waals surface area contributed by atoms with Crippen LogP contribution in [0.4, 0.5) is 5.69 Å². The van der Waals surface area contributed by atoms with Gasteiger partial charge >= 0.3 is 0 Å². The van der Waals surface area contributed by atoms with Gasteiger partial charge in [0.05, 0.1) is 11.9 Å². The monoisotopic (exact) mass is 185 g/mol. The molecule has 0 saturated carbocycles. The summed E-state index contributed by atoms with van der Waals surface area (Å²) in [7, 11) is 0. The second kappa shape index (κ2) is 4.93. The van der Waals surface area contributed by atoms with Crippen LogP contribution in [0.25, 0.3) is 0 Å². The summed E-state index contributed by atoms with van der Waals surface area (Å²) >= 11 is 5.64. The van der Waals surface area contributed by atoms with Crippen LogP contribution in [0.1, 0.15) is 19.8 Å². The zero-order chi connectivity index (χ0) is 8.81. The van der Waals surface area contributed by atoms with E-state index in [2.05, 4.69) is 22.4 Å². The zero-order valence-corrected chi connectivity index (χ0v) is 7.80. The van der Waals surface area contributed by atoms with E-state index < -0.39 is 0 Å². The van der Waals surface area contributed by atoms with Gasteiger partial charge in [-0.2, -0.15) is 5.10 Å². The number of nitrogens with zero attached hydrogens (tertiary/aromatic N) is 2. The zero-order valence-electron chi connectivity index (χ0n) is 7.05. The van der Waals surface area contributed by atoms with Crippen molar-refractivity contribution < 1.29 is 0 Å². The molecule has 1 heterocycles. The SMILES string of the molecule is CCCCNc1cnnc(Cl)c1. The highest BCUT2D eigenvalue weighted by Gasteiger charge is 1.93. The number of hydrogen-bond acceptors (Lipinski definition) is 3. The summed E-state index contributed by atoms with van der Waals surface area (Å²) in [6, 6.07) is 1.77. The number of hydrogen-bond donors (Lipinski definition) is 1. The van der Waals surface area contributed by atoms with Crippen molar-refractivity contribution in [1.29, 1.82) is 0 Å². The van der Waals surface area contributed by atoms with Crippen molar-refractivity contribution in [2.45, 2.75) is 19.8 Å². The average Bonchev–Trinajstić information content (AvgIpc) is 2.05. The molecule has 66 valence electrons. The van der Waals surface area contributed by atoms with Crippen LogP contribution >= 0.6 is 11.6 Å². The molecular weight excluding hydrogens is 174 g/mol. The van der Waals surface area contributed by atoms with E-state index in [9.17, 15) is 0 Å². The minimum atomic E-state index is 0.427. The molecule has 0 radical (unpaired) electrons. The van der Waals surface area contributed by atoms with E-state index in [0.29, 0.717) is 5.15 Å². The Morgan fingerprint density at radius 2 is 2.42 bits per heavy atom. The molecular formula is C8H12ClN3. The molecule has 0 spiro atoms. The van der Waals surface area contributed by atoms with E-state index in [4.69, 9.17) is 11.6 Å². The maximum atomic E-state index is 5.64. The van der Waals surface area contributed by atoms with E-state index in [0.717, 1.165) is 18.7 Å². The standard InChI is InChI=1S/C8H12ClN3/c1-2-3-4-10-7-5-8(9)12-11-6-7/h5-6H,2-4H2,1H3,(H,10,12). The van der Waals surface area contributed by atoms with Gasteiger partial charge in [-0.1, -0.05) is 24.9 Å². The van der Waals surface area contributed by atoms with Crippen molar-refractivity contribution in [3.8, 4) is 0 Å². The van der Waals surface area contributed by atoms with Crippen molar-refractivity contribution in [1.82, 2.24) is 10.2 Å². The first kappa shape index (κ1) is 9.26. The highest BCUT2D eigenvalue weighted by atomic mass is 35.5. The lowest BCUT2D eigenvalue weighted by Gasteiger charge is -2.03. The molecule has 1 aromatic rings. The molecule has 0 aromatic carbocycles. The van der Waals surface area contributed by atoms with Crippen molar-refractivity contribution in [3.05, 3.63) is 17.4 Å². The molecule has 0 fully saturated rings. The highest BCUT2D eigenvalue weighted by Crippen LogP contribution is 2.09. The van der Waals surface area contributed by atoms with E-state index in [-0.39, 0.29) is 0 Å². The van der Waals surface area contributed by atoms with Gasteiger partial charge in [0.2, 0.25) is 0 Å². The van der Waals surface area contributed by atoms with Crippen LogP contribution in [0.3, 0.4) is 0 Å². The van der Waals surface area contributed by atoms with Gasteiger partial charge in [-0.05, 0) is 6.42 Å². The normalized spacial score (nSPS) is 9.83. The van der Waals surface area contributed by atoms with E-state index in [1.807, 2.05) is 0 Å². The molecule has 1 rings (SSSR count). The molecule has 12 heavy (non-hydrogen) atoms. The first-order chi connectivity index (χ1) is 5.83. The van der Waals surface area contributed by atoms with Gasteiger partial charge in [-0.15, -0.1) is 5.10 Å². The van der Waals surface area contributed by atoms with Crippen LogP contribution in [0.2, 0.25) is 5.15 Å². The van der Waals surface area contributed by atoms with Crippen LogP contribution < -0.4 is 5.32 Å². The molecule has 0 bridgehead atoms. The topological polar surface area (TPSA) is 37.8 Å². The average molecular weight is 186 g/mol. The Kier molecular flexibility index (Phi) is 3.80. The number of aromatic nitrogens is 2. The van der Waals surface area contributed by atoms with Crippen molar-refractivity contribution in [3.63, 3.8) is 0 Å². The maximum Gasteiger partial charge on any atom is 0.153 e. The molecule has 0 unspecified atom stereocenters. The molecule has 0 aliphatic rings. The van der Waals surface area contributed by atoms with Gasteiger partial charge in [0.15, 0.2) is 5.15 Å². The molecule has 1 aromatic heterocycles. The Balaban J connectivity index is 2.41. The number of halogens is 1. The summed E-state index contributed by atoms with van der Waals surface area (Å²) in [5, 5.41) is 11.0. The molecule has 0 amide bonds. The van der Waals surface area contributed by atoms with Gasteiger partial charge in [-0.3, -0.25) is 0 Å². The van der Waals surface area contributed by atoms with Gasteiger partial charge in [-0.25, -0.2) is 0 Å². The summed E-state index contributed by atoms with van der Waals surface area (Å²) in [6.45, 7) is 3.11. The van der Waals surface area contributed by atoms with Crippen LogP contribution in [-0.4, -0.2) is 16.7 Å². The smallest absolute Gasteiger partial charge is 0.153 e. The fraction of sp³-hybridized carbons (Fsp3) is 0.500. The summed E-state index contributed by atoms with van der Waals surface area (Å²) < 4.78 is 0. The van der Waals surface area contributed by atoms with Crippen molar-refractivity contribution in [2.24, 2.45) is 0 Å². The Bertz CT molecular complexity index is 239. The fourth-order valence-corrected chi connectivity index (χ4v) is 1.01. The van der Waals surface area contributed by atoms with Crippen LogP contribution in [-0.2, 0) is 0 Å². The first-order valence-corrected chi connectivity index (χ1v) is 4.43. The summed E-state index contributed by atoms with van der Waals surface area (Å²) in [5.41, 5.74) is 0.934. The van der Waals surface area contributed by atoms with Gasteiger partial charge in [0, 0.05) is 12.6 Å². The number of nitrogens with one attached hydrogen (secondary N) is 1. The van der Waals surface area contributed by atoms with Crippen LogP contribution in [0, 0.1) is 0 Å². The maximum absolute atomic E-state index is 5.64. The predicted molar refractivity (Wildman–Crippen MR) is 50.4 cm³/mol. The second-order valence-corrected chi connectivity index (χ2v) is 2.93. The Hall–Kier alpha value is -0.830. The molecule has 1 N–H and O–H groups in total. The molecule has 0 aliphatic carbocycles. The lowest BCUT2D eigenvalue weighted by atomic mass is 10.3. The molecule has 0 atom stereocenters.